The molecule has 4 heteroatoms. The number of cyclic esters (lactones) is 1. The maximum absolute atomic E-state index is 11.3. The second kappa shape index (κ2) is 3.14. The van der Waals surface area contributed by atoms with Crippen LogP contribution in [0.4, 0.5) is 0 Å². The molecule has 0 saturated heterocycles. The minimum Gasteiger partial charge on any atom is -0.472 e. The van der Waals surface area contributed by atoms with Crippen molar-refractivity contribution in [3.05, 3.63) is 35.3 Å². The van der Waals surface area contributed by atoms with Crippen molar-refractivity contribution < 1.29 is 19.1 Å². The lowest BCUT2D eigenvalue weighted by atomic mass is 9.94. The van der Waals surface area contributed by atoms with Crippen molar-refractivity contribution >= 4 is 12.3 Å². The Morgan fingerprint density at radius 3 is 3.00 bits per heavy atom. The number of hydrogen-bond donors (Lipinski definition) is 0. The fourth-order valence-electron chi connectivity index (χ4n) is 1.45. The van der Waals surface area contributed by atoms with Crippen LogP contribution in [-0.4, -0.2) is 18.4 Å². The van der Waals surface area contributed by atoms with E-state index in [0.29, 0.717) is 17.4 Å². The predicted octanol–water partition coefficient (Wildman–Crippen LogP) is 0.855. The van der Waals surface area contributed by atoms with E-state index in [1.807, 2.05) is 0 Å². The average Bonchev–Trinajstić information content (AvgIpc) is 2.18. The average molecular weight is 192 g/mol. The Bertz CT molecular complexity index is 387. The third-order valence-corrected chi connectivity index (χ3v) is 2.17. The summed E-state index contributed by atoms with van der Waals surface area (Å²) in [7, 11) is 0. The van der Waals surface area contributed by atoms with Crippen LogP contribution in [0.3, 0.4) is 0 Å². The van der Waals surface area contributed by atoms with Gasteiger partial charge in [0.2, 0.25) is 0 Å². The molecule has 0 bridgehead atoms. The minimum absolute atomic E-state index is 0.0499. The van der Waals surface area contributed by atoms with Gasteiger partial charge >= 0.3 is 5.97 Å². The number of hydrogen-bond acceptors (Lipinski definition) is 4. The summed E-state index contributed by atoms with van der Waals surface area (Å²) in [4.78, 5) is 21.9. The number of fused-ring (bicyclic) bond motifs is 1. The van der Waals surface area contributed by atoms with Gasteiger partial charge in [0.15, 0.2) is 6.29 Å². The van der Waals surface area contributed by atoms with Crippen LogP contribution in [0, 0.1) is 0 Å². The number of allylic oxidation sites excluding steroid dienone is 1. The highest BCUT2D eigenvalue weighted by Gasteiger charge is 2.30. The number of ether oxygens (including phenoxy) is 2. The van der Waals surface area contributed by atoms with Crippen molar-refractivity contribution in [2.45, 2.75) is 13.0 Å². The molecule has 0 saturated carbocycles. The monoisotopic (exact) mass is 192 g/mol. The quantitative estimate of drug-likeness (QED) is 0.351. The van der Waals surface area contributed by atoms with Crippen LogP contribution < -0.4 is 0 Å². The molecular weight excluding hydrogens is 184 g/mol. The first kappa shape index (κ1) is 8.74. The molecule has 0 aliphatic carbocycles. The third-order valence-electron chi connectivity index (χ3n) is 2.17. The summed E-state index contributed by atoms with van der Waals surface area (Å²) in [6, 6.07) is 0. The highest BCUT2D eigenvalue weighted by molar-refractivity contribution is 6.10. The second-order valence-electron chi connectivity index (χ2n) is 3.00. The van der Waals surface area contributed by atoms with Gasteiger partial charge in [-0.2, -0.15) is 0 Å². The standard InChI is InChI=1S/C10H8O4/c1-6-9-5-13-3-2-7(9)8(4-11)10(12)14-6/h2-6H,1H3/t6-/m0/s1. The molecule has 72 valence electrons. The third kappa shape index (κ3) is 1.16. The Morgan fingerprint density at radius 2 is 2.29 bits per heavy atom. The van der Waals surface area contributed by atoms with Gasteiger partial charge in [-0.25, -0.2) is 4.79 Å². The molecule has 1 atom stereocenters. The van der Waals surface area contributed by atoms with Gasteiger partial charge in [0, 0.05) is 11.1 Å². The lowest BCUT2D eigenvalue weighted by Crippen LogP contribution is -2.27. The lowest BCUT2D eigenvalue weighted by Gasteiger charge is -2.25. The summed E-state index contributed by atoms with van der Waals surface area (Å²) in [5.41, 5.74) is 1.36. The van der Waals surface area contributed by atoms with Gasteiger partial charge in [0.1, 0.15) is 11.7 Å². The number of carbonyl (C=O) groups excluding carboxylic acids is 2. The van der Waals surface area contributed by atoms with E-state index < -0.39 is 5.97 Å². The van der Waals surface area contributed by atoms with Gasteiger partial charge in [-0.15, -0.1) is 0 Å². The molecule has 14 heavy (non-hydrogen) atoms. The molecule has 0 fully saturated rings. The van der Waals surface area contributed by atoms with Crippen LogP contribution >= 0.6 is 0 Å². The smallest absolute Gasteiger partial charge is 0.342 e. The number of rotatable bonds is 1. The summed E-state index contributed by atoms with van der Waals surface area (Å²) < 4.78 is 9.90. The van der Waals surface area contributed by atoms with Gasteiger partial charge < -0.3 is 9.47 Å². The molecule has 0 N–H and O–H groups in total. The van der Waals surface area contributed by atoms with E-state index in [4.69, 9.17) is 9.47 Å². The summed E-state index contributed by atoms with van der Waals surface area (Å²) in [5.74, 6) is -0.578. The fourth-order valence-corrected chi connectivity index (χ4v) is 1.45. The Balaban J connectivity index is 2.57. The van der Waals surface area contributed by atoms with Crippen LogP contribution in [-0.2, 0) is 19.1 Å². The minimum atomic E-state index is -0.578. The van der Waals surface area contributed by atoms with E-state index >= 15 is 0 Å². The van der Waals surface area contributed by atoms with Crippen molar-refractivity contribution in [1.82, 2.24) is 0 Å². The molecule has 4 nitrogen and oxygen atoms in total. The predicted molar refractivity (Wildman–Crippen MR) is 47.0 cm³/mol. The number of carbonyl (C=O) groups is 2. The van der Waals surface area contributed by atoms with E-state index in [2.05, 4.69) is 0 Å². The Labute approximate surface area is 80.5 Å². The highest BCUT2D eigenvalue weighted by atomic mass is 16.5. The van der Waals surface area contributed by atoms with Crippen molar-refractivity contribution in [3.63, 3.8) is 0 Å². The summed E-state index contributed by atoms with van der Waals surface area (Å²) >= 11 is 0. The molecule has 0 radical (unpaired) electrons. The van der Waals surface area contributed by atoms with E-state index in [-0.39, 0.29) is 11.7 Å². The molecule has 2 heterocycles. The maximum Gasteiger partial charge on any atom is 0.342 e. The van der Waals surface area contributed by atoms with Crippen LogP contribution in [0.25, 0.3) is 0 Å². The van der Waals surface area contributed by atoms with Crippen LogP contribution in [0.5, 0.6) is 0 Å². The van der Waals surface area contributed by atoms with Gasteiger partial charge in [-0.3, -0.25) is 4.79 Å². The van der Waals surface area contributed by atoms with Crippen molar-refractivity contribution in [2.75, 3.05) is 0 Å². The Hall–Kier alpha value is -1.84. The van der Waals surface area contributed by atoms with Gasteiger partial charge in [-0.1, -0.05) is 0 Å². The SMILES string of the molecule is C[C@@H]1OC(=O)C(C=O)=C2C=COC=C21. The summed E-state index contributed by atoms with van der Waals surface area (Å²) in [6.45, 7) is 1.73. The molecule has 0 unspecified atom stereocenters. The van der Waals surface area contributed by atoms with Crippen molar-refractivity contribution in [3.8, 4) is 0 Å². The molecule has 0 aromatic rings. The van der Waals surface area contributed by atoms with Gasteiger partial charge in [-0.05, 0) is 13.0 Å². The fraction of sp³-hybridized carbons (Fsp3) is 0.200. The van der Waals surface area contributed by atoms with E-state index in [1.54, 1.807) is 13.0 Å². The maximum atomic E-state index is 11.3. The zero-order valence-electron chi connectivity index (χ0n) is 7.52. The molecule has 2 aliphatic heterocycles. The molecule has 2 aliphatic rings. The lowest BCUT2D eigenvalue weighted by molar-refractivity contribution is -0.143. The molecular formula is C10H8O4. The first-order chi connectivity index (χ1) is 6.74. The van der Waals surface area contributed by atoms with Crippen molar-refractivity contribution in [2.24, 2.45) is 0 Å². The first-order valence-corrected chi connectivity index (χ1v) is 4.17. The van der Waals surface area contributed by atoms with Gasteiger partial charge in [0.25, 0.3) is 0 Å². The number of aldehydes is 1. The zero-order chi connectivity index (χ0) is 10.1. The first-order valence-electron chi connectivity index (χ1n) is 4.17. The zero-order valence-corrected chi connectivity index (χ0v) is 7.52. The van der Waals surface area contributed by atoms with E-state index in [0.717, 1.165) is 0 Å². The Kier molecular flexibility index (Phi) is 1.96. The molecule has 0 spiro atoms. The molecule has 0 aromatic heterocycles. The molecule has 0 aromatic carbocycles. The van der Waals surface area contributed by atoms with Crippen LogP contribution in [0.2, 0.25) is 0 Å². The van der Waals surface area contributed by atoms with E-state index in [9.17, 15) is 9.59 Å². The largest absolute Gasteiger partial charge is 0.472 e. The topological polar surface area (TPSA) is 52.6 Å². The molecule has 2 rings (SSSR count). The highest BCUT2D eigenvalue weighted by Crippen LogP contribution is 2.29. The van der Waals surface area contributed by atoms with Crippen molar-refractivity contribution in [1.29, 1.82) is 0 Å². The summed E-state index contributed by atoms with van der Waals surface area (Å²) in [6.07, 6.45) is 4.64. The summed E-state index contributed by atoms with van der Waals surface area (Å²) in [5, 5.41) is 0. The van der Waals surface area contributed by atoms with Crippen LogP contribution in [0.1, 0.15) is 6.92 Å². The van der Waals surface area contributed by atoms with Gasteiger partial charge in [0.05, 0.1) is 12.5 Å². The van der Waals surface area contributed by atoms with Crippen LogP contribution in [0.15, 0.2) is 35.3 Å². The number of esters is 1. The second-order valence-corrected chi connectivity index (χ2v) is 3.00. The normalized spacial score (nSPS) is 24.8. The Morgan fingerprint density at radius 1 is 1.50 bits per heavy atom. The van der Waals surface area contributed by atoms with E-state index in [1.165, 1.54) is 12.5 Å². The molecule has 0 amide bonds.